The second-order valence-corrected chi connectivity index (χ2v) is 3.52. The predicted molar refractivity (Wildman–Crippen MR) is 51.5 cm³/mol. The van der Waals surface area contributed by atoms with E-state index in [1.54, 1.807) is 0 Å². The summed E-state index contributed by atoms with van der Waals surface area (Å²) in [5.41, 5.74) is 0.585. The van der Waals surface area contributed by atoms with Gasteiger partial charge in [-0.2, -0.15) is 0 Å². The van der Waals surface area contributed by atoms with Crippen molar-refractivity contribution in [3.8, 4) is 5.75 Å². The van der Waals surface area contributed by atoms with Gasteiger partial charge in [0.2, 0.25) is 5.43 Å². The Labute approximate surface area is 81.5 Å². The van der Waals surface area contributed by atoms with Gasteiger partial charge in [-0.05, 0) is 12.8 Å². The number of hydrogen-bond donors (Lipinski definition) is 2. The van der Waals surface area contributed by atoms with Crippen molar-refractivity contribution in [3.63, 3.8) is 0 Å². The van der Waals surface area contributed by atoms with Crippen LogP contribution in [0.25, 0.3) is 0 Å². The van der Waals surface area contributed by atoms with E-state index in [9.17, 15) is 4.79 Å². The van der Waals surface area contributed by atoms with Crippen LogP contribution >= 0.6 is 0 Å². The van der Waals surface area contributed by atoms with E-state index < -0.39 is 0 Å². The molecular weight excluding hydrogens is 182 g/mol. The summed E-state index contributed by atoms with van der Waals surface area (Å²) < 4.78 is 5.23. The standard InChI is InChI=1S/C10H13NO3/c12-9-5-8(11-6-10(9)13)7-1-3-14-4-2-7/h5-7,13H,1-4H2,(H,11,12). The quantitative estimate of drug-likeness (QED) is 0.702. The van der Waals surface area contributed by atoms with Crippen LogP contribution < -0.4 is 5.43 Å². The second kappa shape index (κ2) is 3.84. The Morgan fingerprint density at radius 3 is 2.79 bits per heavy atom. The number of H-pyrrole nitrogens is 1. The highest BCUT2D eigenvalue weighted by molar-refractivity contribution is 5.20. The van der Waals surface area contributed by atoms with Gasteiger partial charge in [0, 0.05) is 37.1 Å². The summed E-state index contributed by atoms with van der Waals surface area (Å²) >= 11 is 0. The molecule has 14 heavy (non-hydrogen) atoms. The van der Waals surface area contributed by atoms with Crippen molar-refractivity contribution in [3.05, 3.63) is 28.2 Å². The van der Waals surface area contributed by atoms with Crippen LogP contribution in [0.1, 0.15) is 24.5 Å². The monoisotopic (exact) mass is 195 g/mol. The van der Waals surface area contributed by atoms with Gasteiger partial charge in [0.25, 0.3) is 0 Å². The Kier molecular flexibility index (Phi) is 2.54. The molecule has 1 saturated heterocycles. The first kappa shape index (κ1) is 9.27. The number of aromatic amines is 1. The Balaban J connectivity index is 2.23. The van der Waals surface area contributed by atoms with E-state index in [4.69, 9.17) is 9.84 Å². The average Bonchev–Trinajstić information content (AvgIpc) is 2.23. The van der Waals surface area contributed by atoms with E-state index in [-0.39, 0.29) is 11.2 Å². The summed E-state index contributed by atoms with van der Waals surface area (Å²) in [5.74, 6) is 0.137. The SMILES string of the molecule is O=c1cc(C2CCOCC2)[nH]cc1O. The lowest BCUT2D eigenvalue weighted by molar-refractivity contribution is 0.0845. The first-order valence-corrected chi connectivity index (χ1v) is 4.76. The molecule has 4 nitrogen and oxygen atoms in total. The van der Waals surface area contributed by atoms with Crippen LogP contribution in [-0.4, -0.2) is 23.3 Å². The summed E-state index contributed by atoms with van der Waals surface area (Å²) in [4.78, 5) is 14.1. The topological polar surface area (TPSA) is 62.3 Å². The minimum Gasteiger partial charge on any atom is -0.503 e. The summed E-state index contributed by atoms with van der Waals surface area (Å²) in [6.45, 7) is 1.49. The van der Waals surface area contributed by atoms with Gasteiger partial charge in [-0.1, -0.05) is 0 Å². The molecule has 0 unspecified atom stereocenters. The third-order valence-corrected chi connectivity index (χ3v) is 2.58. The van der Waals surface area contributed by atoms with Crippen LogP contribution in [0.15, 0.2) is 17.1 Å². The molecule has 2 rings (SSSR count). The van der Waals surface area contributed by atoms with Crippen LogP contribution in [0.3, 0.4) is 0 Å². The zero-order chi connectivity index (χ0) is 9.97. The molecule has 1 aliphatic heterocycles. The number of nitrogens with one attached hydrogen (secondary N) is 1. The Morgan fingerprint density at radius 2 is 2.14 bits per heavy atom. The van der Waals surface area contributed by atoms with Crippen LogP contribution in [0.2, 0.25) is 0 Å². The lowest BCUT2D eigenvalue weighted by Crippen LogP contribution is -2.16. The Bertz CT molecular complexity index is 366. The van der Waals surface area contributed by atoms with Gasteiger partial charge >= 0.3 is 0 Å². The lowest BCUT2D eigenvalue weighted by Gasteiger charge is -2.21. The van der Waals surface area contributed by atoms with Crippen molar-refractivity contribution in [2.45, 2.75) is 18.8 Å². The van der Waals surface area contributed by atoms with Gasteiger partial charge in [-0.3, -0.25) is 4.79 Å². The van der Waals surface area contributed by atoms with Gasteiger partial charge < -0.3 is 14.8 Å². The molecule has 0 aromatic carbocycles. The smallest absolute Gasteiger partial charge is 0.223 e. The maximum Gasteiger partial charge on any atom is 0.223 e. The molecule has 0 aliphatic carbocycles. The number of ether oxygens (including phenoxy) is 1. The number of aromatic hydroxyl groups is 1. The fraction of sp³-hybridized carbons (Fsp3) is 0.500. The summed E-state index contributed by atoms with van der Waals surface area (Å²) in [6, 6.07) is 1.48. The molecule has 1 aromatic rings. The fourth-order valence-electron chi connectivity index (χ4n) is 1.72. The molecule has 4 heteroatoms. The molecular formula is C10H13NO3. The molecule has 76 valence electrons. The van der Waals surface area contributed by atoms with E-state index in [0.29, 0.717) is 5.92 Å². The third-order valence-electron chi connectivity index (χ3n) is 2.58. The number of pyridine rings is 1. The second-order valence-electron chi connectivity index (χ2n) is 3.52. The predicted octanol–water partition coefficient (Wildman–Crippen LogP) is 0.974. The van der Waals surface area contributed by atoms with E-state index >= 15 is 0 Å². The summed E-state index contributed by atoms with van der Waals surface area (Å²) in [6.07, 6.45) is 3.22. The molecule has 0 atom stereocenters. The van der Waals surface area contributed by atoms with E-state index in [1.807, 2.05) is 0 Å². The first-order chi connectivity index (χ1) is 6.77. The van der Waals surface area contributed by atoms with Crippen molar-refractivity contribution < 1.29 is 9.84 Å². The summed E-state index contributed by atoms with van der Waals surface area (Å²) in [5, 5.41) is 9.07. The van der Waals surface area contributed by atoms with Crippen molar-refractivity contribution in [1.29, 1.82) is 0 Å². The van der Waals surface area contributed by atoms with Crippen molar-refractivity contribution in [1.82, 2.24) is 4.98 Å². The molecule has 0 saturated carbocycles. The van der Waals surface area contributed by atoms with E-state index in [1.165, 1.54) is 12.3 Å². The zero-order valence-corrected chi connectivity index (χ0v) is 7.82. The Hall–Kier alpha value is -1.29. The molecule has 2 heterocycles. The van der Waals surface area contributed by atoms with Gasteiger partial charge in [0.1, 0.15) is 0 Å². The highest BCUT2D eigenvalue weighted by Crippen LogP contribution is 2.24. The van der Waals surface area contributed by atoms with E-state index in [0.717, 1.165) is 31.7 Å². The van der Waals surface area contributed by atoms with E-state index in [2.05, 4.69) is 4.98 Å². The molecule has 0 bridgehead atoms. The highest BCUT2D eigenvalue weighted by atomic mass is 16.5. The average molecular weight is 195 g/mol. The number of aromatic nitrogens is 1. The minimum absolute atomic E-state index is 0.221. The maximum absolute atomic E-state index is 11.2. The van der Waals surface area contributed by atoms with Crippen LogP contribution in [0.5, 0.6) is 5.75 Å². The minimum atomic E-state index is -0.315. The molecule has 0 radical (unpaired) electrons. The van der Waals surface area contributed by atoms with Gasteiger partial charge in [0.15, 0.2) is 5.75 Å². The normalized spacial score (nSPS) is 18.3. The molecule has 2 N–H and O–H groups in total. The van der Waals surface area contributed by atoms with Crippen LogP contribution in [0, 0.1) is 0 Å². The molecule has 1 aliphatic rings. The van der Waals surface area contributed by atoms with Crippen molar-refractivity contribution >= 4 is 0 Å². The lowest BCUT2D eigenvalue weighted by atomic mass is 9.96. The summed E-state index contributed by atoms with van der Waals surface area (Å²) in [7, 11) is 0. The maximum atomic E-state index is 11.2. The van der Waals surface area contributed by atoms with Crippen molar-refractivity contribution in [2.75, 3.05) is 13.2 Å². The number of hydrogen-bond acceptors (Lipinski definition) is 3. The van der Waals surface area contributed by atoms with Gasteiger partial charge in [-0.15, -0.1) is 0 Å². The third kappa shape index (κ3) is 1.80. The first-order valence-electron chi connectivity index (χ1n) is 4.76. The van der Waals surface area contributed by atoms with Crippen LogP contribution in [-0.2, 0) is 4.74 Å². The van der Waals surface area contributed by atoms with Gasteiger partial charge in [-0.25, -0.2) is 0 Å². The Morgan fingerprint density at radius 1 is 1.43 bits per heavy atom. The van der Waals surface area contributed by atoms with Crippen molar-refractivity contribution in [2.24, 2.45) is 0 Å². The molecule has 1 aromatic heterocycles. The largest absolute Gasteiger partial charge is 0.503 e. The number of rotatable bonds is 1. The van der Waals surface area contributed by atoms with Crippen LogP contribution in [0.4, 0.5) is 0 Å². The fourth-order valence-corrected chi connectivity index (χ4v) is 1.72. The zero-order valence-electron chi connectivity index (χ0n) is 7.82. The molecule has 1 fully saturated rings. The molecule has 0 spiro atoms. The van der Waals surface area contributed by atoms with Gasteiger partial charge in [0.05, 0.1) is 0 Å². The molecule has 0 amide bonds. The highest BCUT2D eigenvalue weighted by Gasteiger charge is 2.16.